The molecule has 2 aliphatic rings. The summed E-state index contributed by atoms with van der Waals surface area (Å²) in [6.45, 7) is 2.90. The Morgan fingerprint density at radius 2 is 1.89 bits per heavy atom. The quantitative estimate of drug-likeness (QED) is 0.673. The largest absolute Gasteiger partial charge is 0.382 e. The molecule has 0 aliphatic heterocycles. The first-order valence-corrected chi connectivity index (χ1v) is 7.23. The molecular weight excluding hydrogens is 230 g/mol. The minimum absolute atomic E-state index is 0.330. The molecule has 1 spiro atoms. The number of hydrogen-bond acceptors (Lipinski definition) is 4. The molecule has 2 fully saturated rings. The predicted molar refractivity (Wildman–Crippen MR) is 70.5 cm³/mol. The molecule has 2 saturated carbocycles. The Bertz CT molecular complexity index is 241. The molecule has 2 atom stereocenters. The van der Waals surface area contributed by atoms with E-state index in [4.69, 9.17) is 19.9 Å². The highest BCUT2D eigenvalue weighted by Gasteiger charge is 2.54. The molecule has 4 heteroatoms. The number of nitrogens with two attached hydrogens (primary N) is 1. The second-order valence-corrected chi connectivity index (χ2v) is 5.60. The van der Waals surface area contributed by atoms with E-state index in [0.29, 0.717) is 30.8 Å². The molecule has 106 valence electrons. The zero-order chi connectivity index (χ0) is 12.8. The molecule has 2 rings (SSSR count). The topological polar surface area (TPSA) is 53.7 Å². The van der Waals surface area contributed by atoms with Crippen molar-refractivity contribution in [1.29, 1.82) is 0 Å². The Kier molecular flexibility index (Phi) is 5.42. The zero-order valence-corrected chi connectivity index (χ0v) is 11.5. The summed E-state index contributed by atoms with van der Waals surface area (Å²) >= 11 is 0. The van der Waals surface area contributed by atoms with Crippen molar-refractivity contribution >= 4 is 0 Å². The highest BCUT2D eigenvalue weighted by atomic mass is 16.5. The van der Waals surface area contributed by atoms with E-state index in [9.17, 15) is 0 Å². The third-order valence-corrected chi connectivity index (χ3v) is 4.57. The Morgan fingerprint density at radius 1 is 1.11 bits per heavy atom. The molecule has 0 amide bonds. The minimum atomic E-state index is 0.330. The van der Waals surface area contributed by atoms with Gasteiger partial charge in [0.2, 0.25) is 0 Å². The van der Waals surface area contributed by atoms with Crippen LogP contribution in [0, 0.1) is 5.41 Å². The summed E-state index contributed by atoms with van der Waals surface area (Å²) in [4.78, 5) is 0. The molecule has 0 bridgehead atoms. The highest BCUT2D eigenvalue weighted by Crippen LogP contribution is 2.53. The summed E-state index contributed by atoms with van der Waals surface area (Å²) in [6, 6.07) is 0.378. The third kappa shape index (κ3) is 3.05. The third-order valence-electron chi connectivity index (χ3n) is 4.57. The van der Waals surface area contributed by atoms with Gasteiger partial charge in [-0.1, -0.05) is 12.8 Å². The van der Waals surface area contributed by atoms with E-state index in [1.807, 2.05) is 0 Å². The maximum Gasteiger partial charge on any atom is 0.0700 e. The normalized spacial score (nSPS) is 29.7. The van der Waals surface area contributed by atoms with Crippen LogP contribution in [0.4, 0.5) is 0 Å². The van der Waals surface area contributed by atoms with E-state index in [1.54, 1.807) is 7.11 Å². The summed E-state index contributed by atoms with van der Waals surface area (Å²) in [6.07, 6.45) is 7.61. The van der Waals surface area contributed by atoms with Crippen molar-refractivity contribution in [1.82, 2.24) is 0 Å². The molecule has 0 radical (unpaired) electrons. The smallest absolute Gasteiger partial charge is 0.0700 e. The van der Waals surface area contributed by atoms with Gasteiger partial charge < -0.3 is 19.9 Å². The molecule has 18 heavy (non-hydrogen) atoms. The van der Waals surface area contributed by atoms with Gasteiger partial charge in [0.25, 0.3) is 0 Å². The lowest BCUT2D eigenvalue weighted by atomic mass is 9.61. The van der Waals surface area contributed by atoms with E-state index in [2.05, 4.69) is 0 Å². The fourth-order valence-electron chi connectivity index (χ4n) is 3.37. The van der Waals surface area contributed by atoms with Gasteiger partial charge >= 0.3 is 0 Å². The molecule has 2 aliphatic carbocycles. The summed E-state index contributed by atoms with van der Waals surface area (Å²) in [5, 5.41) is 0. The molecule has 0 aromatic carbocycles. The van der Waals surface area contributed by atoms with E-state index in [1.165, 1.54) is 25.7 Å². The number of hydrogen-bond donors (Lipinski definition) is 1. The molecule has 2 N–H and O–H groups in total. The van der Waals surface area contributed by atoms with Gasteiger partial charge in [0.1, 0.15) is 0 Å². The van der Waals surface area contributed by atoms with Gasteiger partial charge in [0.05, 0.1) is 19.3 Å². The van der Waals surface area contributed by atoms with Crippen molar-refractivity contribution in [3.05, 3.63) is 0 Å². The fourth-order valence-corrected chi connectivity index (χ4v) is 3.37. The molecule has 0 aromatic rings. The van der Waals surface area contributed by atoms with Crippen LogP contribution in [0.1, 0.15) is 38.5 Å². The fraction of sp³-hybridized carbons (Fsp3) is 1.00. The van der Waals surface area contributed by atoms with Crippen molar-refractivity contribution in [3.8, 4) is 0 Å². The van der Waals surface area contributed by atoms with Gasteiger partial charge in [0, 0.05) is 31.8 Å². The maximum atomic E-state index is 6.18. The molecule has 0 aromatic heterocycles. The zero-order valence-electron chi connectivity index (χ0n) is 11.5. The van der Waals surface area contributed by atoms with Gasteiger partial charge in [-0.2, -0.15) is 0 Å². The Hall–Kier alpha value is -0.160. The van der Waals surface area contributed by atoms with Crippen LogP contribution in [0.15, 0.2) is 0 Å². The van der Waals surface area contributed by atoms with Crippen LogP contribution in [-0.4, -0.2) is 45.7 Å². The van der Waals surface area contributed by atoms with Crippen LogP contribution in [0.2, 0.25) is 0 Å². The lowest BCUT2D eigenvalue weighted by Gasteiger charge is -2.52. The average molecular weight is 257 g/mol. The number of rotatable bonds is 8. The molecule has 0 heterocycles. The second kappa shape index (κ2) is 6.85. The lowest BCUT2D eigenvalue weighted by molar-refractivity contribution is -0.126. The first kappa shape index (κ1) is 14.3. The van der Waals surface area contributed by atoms with E-state index >= 15 is 0 Å². The van der Waals surface area contributed by atoms with Crippen molar-refractivity contribution in [2.75, 3.05) is 33.5 Å². The van der Waals surface area contributed by atoms with E-state index in [0.717, 1.165) is 26.1 Å². The maximum absolute atomic E-state index is 6.18. The van der Waals surface area contributed by atoms with Gasteiger partial charge in [-0.25, -0.2) is 0 Å². The summed E-state index contributed by atoms with van der Waals surface area (Å²) in [5.41, 5.74) is 6.51. The van der Waals surface area contributed by atoms with Gasteiger partial charge in [0.15, 0.2) is 0 Å². The second-order valence-electron chi connectivity index (χ2n) is 5.60. The summed E-state index contributed by atoms with van der Waals surface area (Å²) in [5.74, 6) is 0. The van der Waals surface area contributed by atoms with Crippen molar-refractivity contribution < 1.29 is 14.2 Å². The van der Waals surface area contributed by atoms with Gasteiger partial charge in [-0.05, 0) is 25.7 Å². The standard InChI is InChI=1S/C14H27NO3/c1-16-9-10-17-7-4-8-18-13-11-12(15)14(13)5-2-3-6-14/h12-13H,2-11,15H2,1H3. The van der Waals surface area contributed by atoms with E-state index < -0.39 is 0 Å². The molecule has 4 nitrogen and oxygen atoms in total. The Labute approximate surface area is 110 Å². The van der Waals surface area contributed by atoms with Gasteiger partial charge in [-0.3, -0.25) is 0 Å². The molecule has 2 unspecified atom stereocenters. The summed E-state index contributed by atoms with van der Waals surface area (Å²) < 4.78 is 16.3. The average Bonchev–Trinajstić information content (AvgIpc) is 2.88. The van der Waals surface area contributed by atoms with Crippen LogP contribution >= 0.6 is 0 Å². The number of ether oxygens (including phenoxy) is 3. The van der Waals surface area contributed by atoms with Crippen LogP contribution in [0.5, 0.6) is 0 Å². The van der Waals surface area contributed by atoms with Crippen molar-refractivity contribution in [2.45, 2.75) is 50.7 Å². The Morgan fingerprint density at radius 3 is 2.56 bits per heavy atom. The molecule has 0 saturated heterocycles. The highest BCUT2D eigenvalue weighted by molar-refractivity contribution is 5.08. The first-order chi connectivity index (χ1) is 8.79. The molecular formula is C14H27NO3. The van der Waals surface area contributed by atoms with Crippen LogP contribution < -0.4 is 5.73 Å². The predicted octanol–water partition coefficient (Wildman–Crippen LogP) is 1.72. The summed E-state index contributed by atoms with van der Waals surface area (Å²) in [7, 11) is 1.69. The first-order valence-electron chi connectivity index (χ1n) is 7.23. The number of methoxy groups -OCH3 is 1. The minimum Gasteiger partial charge on any atom is -0.382 e. The SMILES string of the molecule is COCCOCCCOC1CC(N)C12CCCC2. The van der Waals surface area contributed by atoms with Crippen molar-refractivity contribution in [3.63, 3.8) is 0 Å². The van der Waals surface area contributed by atoms with Crippen LogP contribution in [-0.2, 0) is 14.2 Å². The van der Waals surface area contributed by atoms with Crippen LogP contribution in [0.25, 0.3) is 0 Å². The monoisotopic (exact) mass is 257 g/mol. The van der Waals surface area contributed by atoms with E-state index in [-0.39, 0.29) is 0 Å². The Balaban J connectivity index is 1.55. The lowest BCUT2D eigenvalue weighted by Crippen LogP contribution is -2.61. The van der Waals surface area contributed by atoms with Crippen molar-refractivity contribution in [2.24, 2.45) is 11.1 Å². The van der Waals surface area contributed by atoms with Gasteiger partial charge in [-0.15, -0.1) is 0 Å². The van der Waals surface area contributed by atoms with Crippen LogP contribution in [0.3, 0.4) is 0 Å².